The Labute approximate surface area is 124 Å². The van der Waals surface area contributed by atoms with Crippen LogP contribution in [0.2, 0.25) is 0 Å². The van der Waals surface area contributed by atoms with Gasteiger partial charge in [0.25, 0.3) is 0 Å². The van der Waals surface area contributed by atoms with Crippen molar-refractivity contribution in [3.05, 3.63) is 0 Å². The summed E-state index contributed by atoms with van der Waals surface area (Å²) in [5, 5.41) is 12.8. The van der Waals surface area contributed by atoms with E-state index in [9.17, 15) is 5.26 Å². The van der Waals surface area contributed by atoms with Crippen LogP contribution in [0.25, 0.3) is 0 Å². The lowest BCUT2D eigenvalue weighted by Crippen LogP contribution is -2.53. The molecule has 0 radical (unpaired) electrons. The van der Waals surface area contributed by atoms with Gasteiger partial charge in [0.05, 0.1) is 6.07 Å². The summed E-state index contributed by atoms with van der Waals surface area (Å²) < 4.78 is 0. The Morgan fingerprint density at radius 1 is 1.20 bits per heavy atom. The van der Waals surface area contributed by atoms with E-state index in [0.717, 1.165) is 18.8 Å². The second kappa shape index (κ2) is 6.03. The fourth-order valence-corrected chi connectivity index (χ4v) is 4.07. The van der Waals surface area contributed by atoms with Crippen molar-refractivity contribution in [1.82, 2.24) is 10.2 Å². The van der Waals surface area contributed by atoms with Gasteiger partial charge in [-0.1, -0.05) is 20.8 Å². The highest BCUT2D eigenvalue weighted by atomic mass is 15.2. The SMILES string of the molecule is CNC1(C#N)CCCC(N2CCC(C(C)(C)C)CC2)C1. The minimum Gasteiger partial charge on any atom is -0.302 e. The lowest BCUT2D eigenvalue weighted by molar-refractivity contribution is 0.0557. The maximum atomic E-state index is 9.48. The Balaban J connectivity index is 1.92. The van der Waals surface area contributed by atoms with Crippen LogP contribution in [-0.2, 0) is 0 Å². The summed E-state index contributed by atoms with van der Waals surface area (Å²) >= 11 is 0. The first-order valence-corrected chi connectivity index (χ1v) is 8.24. The summed E-state index contributed by atoms with van der Waals surface area (Å²) in [5.74, 6) is 0.854. The molecule has 0 aromatic rings. The molecule has 1 N–H and O–H groups in total. The molecular formula is C17H31N3. The first-order valence-electron chi connectivity index (χ1n) is 8.24. The lowest BCUT2D eigenvalue weighted by Gasteiger charge is -2.45. The number of hydrogen-bond acceptors (Lipinski definition) is 3. The number of hydrogen-bond donors (Lipinski definition) is 1. The van der Waals surface area contributed by atoms with Gasteiger partial charge in [-0.05, 0) is 70.0 Å². The van der Waals surface area contributed by atoms with Crippen molar-refractivity contribution >= 4 is 0 Å². The number of rotatable bonds is 2. The molecule has 2 fully saturated rings. The summed E-state index contributed by atoms with van der Waals surface area (Å²) in [5.41, 5.74) is 0.170. The Kier molecular flexibility index (Phi) is 4.76. The summed E-state index contributed by atoms with van der Waals surface area (Å²) in [4.78, 5) is 2.66. The van der Waals surface area contributed by atoms with E-state index in [1.54, 1.807) is 0 Å². The standard InChI is InChI=1S/C17H31N3/c1-16(2,3)14-7-10-20(11-8-14)15-6-5-9-17(12-15,13-18)19-4/h14-15,19H,5-12H2,1-4H3. The fraction of sp³-hybridized carbons (Fsp3) is 0.941. The smallest absolute Gasteiger partial charge is 0.108 e. The fourth-order valence-electron chi connectivity index (χ4n) is 4.07. The summed E-state index contributed by atoms with van der Waals surface area (Å²) in [6, 6.07) is 3.14. The second-order valence-electron chi connectivity index (χ2n) is 7.87. The van der Waals surface area contributed by atoms with E-state index in [-0.39, 0.29) is 5.54 Å². The first kappa shape index (κ1) is 15.8. The highest BCUT2D eigenvalue weighted by molar-refractivity contribution is 5.10. The number of nitrogens with zero attached hydrogens (tertiary/aromatic N) is 2. The molecule has 1 aliphatic carbocycles. The molecule has 1 aliphatic heterocycles. The molecule has 1 saturated heterocycles. The van der Waals surface area contributed by atoms with E-state index >= 15 is 0 Å². The average Bonchev–Trinajstić information content (AvgIpc) is 2.46. The number of likely N-dealkylation sites (tertiary alicyclic amines) is 1. The van der Waals surface area contributed by atoms with Crippen LogP contribution in [0.5, 0.6) is 0 Å². The molecule has 0 bridgehead atoms. The molecule has 0 aromatic carbocycles. The van der Waals surface area contributed by atoms with Crippen LogP contribution in [0.1, 0.15) is 59.3 Å². The number of piperidine rings is 1. The van der Waals surface area contributed by atoms with Gasteiger partial charge >= 0.3 is 0 Å². The first-order chi connectivity index (χ1) is 9.40. The monoisotopic (exact) mass is 277 g/mol. The Morgan fingerprint density at radius 2 is 1.85 bits per heavy atom. The maximum Gasteiger partial charge on any atom is 0.108 e. The van der Waals surface area contributed by atoms with Crippen molar-refractivity contribution in [2.75, 3.05) is 20.1 Å². The van der Waals surface area contributed by atoms with E-state index < -0.39 is 0 Å². The average molecular weight is 277 g/mol. The molecule has 2 rings (SSSR count). The highest BCUT2D eigenvalue weighted by Crippen LogP contribution is 2.37. The molecule has 0 spiro atoms. The number of nitrogens with one attached hydrogen (secondary N) is 1. The topological polar surface area (TPSA) is 39.1 Å². The zero-order chi connectivity index (χ0) is 14.8. The normalized spacial score (nSPS) is 33.9. The van der Waals surface area contributed by atoms with Crippen LogP contribution >= 0.6 is 0 Å². The van der Waals surface area contributed by atoms with Crippen molar-refractivity contribution in [3.63, 3.8) is 0 Å². The van der Waals surface area contributed by atoms with Gasteiger partial charge in [-0.3, -0.25) is 0 Å². The zero-order valence-electron chi connectivity index (χ0n) is 13.7. The summed E-state index contributed by atoms with van der Waals surface area (Å²) in [6.07, 6.45) is 7.09. The van der Waals surface area contributed by atoms with Crippen LogP contribution in [0.15, 0.2) is 0 Å². The van der Waals surface area contributed by atoms with Gasteiger partial charge in [0, 0.05) is 6.04 Å². The van der Waals surface area contributed by atoms with Crippen molar-refractivity contribution in [2.24, 2.45) is 11.3 Å². The summed E-state index contributed by atoms with van der Waals surface area (Å²) in [6.45, 7) is 9.55. The predicted molar refractivity (Wildman–Crippen MR) is 83.4 cm³/mol. The van der Waals surface area contributed by atoms with E-state index in [2.05, 4.69) is 37.1 Å². The van der Waals surface area contributed by atoms with Gasteiger partial charge in [0.15, 0.2) is 0 Å². The Hall–Kier alpha value is -0.590. The molecule has 2 atom stereocenters. The van der Waals surface area contributed by atoms with Crippen LogP contribution < -0.4 is 5.32 Å². The predicted octanol–water partition coefficient (Wildman–Crippen LogP) is 3.17. The molecular weight excluding hydrogens is 246 g/mol. The van der Waals surface area contributed by atoms with Crippen molar-refractivity contribution in [2.45, 2.75) is 70.9 Å². The molecule has 114 valence electrons. The lowest BCUT2D eigenvalue weighted by atomic mass is 9.74. The highest BCUT2D eigenvalue weighted by Gasteiger charge is 2.39. The molecule has 1 heterocycles. The minimum absolute atomic E-state index is 0.274. The molecule has 2 aliphatic rings. The second-order valence-corrected chi connectivity index (χ2v) is 7.87. The molecule has 2 unspecified atom stereocenters. The Bertz CT molecular complexity index is 357. The van der Waals surface area contributed by atoms with Gasteiger partial charge in [-0.2, -0.15) is 5.26 Å². The molecule has 1 saturated carbocycles. The third-order valence-electron chi connectivity index (χ3n) is 5.69. The van der Waals surface area contributed by atoms with E-state index in [4.69, 9.17) is 0 Å². The van der Waals surface area contributed by atoms with Gasteiger partial charge in [-0.25, -0.2) is 0 Å². The third kappa shape index (κ3) is 3.35. The van der Waals surface area contributed by atoms with Crippen LogP contribution in [-0.4, -0.2) is 36.6 Å². The third-order valence-corrected chi connectivity index (χ3v) is 5.69. The van der Waals surface area contributed by atoms with E-state index in [1.807, 2.05) is 7.05 Å². The van der Waals surface area contributed by atoms with Crippen molar-refractivity contribution in [1.29, 1.82) is 5.26 Å². The molecule has 3 heteroatoms. The number of nitriles is 1. The van der Waals surface area contributed by atoms with Crippen LogP contribution in [0.4, 0.5) is 0 Å². The largest absolute Gasteiger partial charge is 0.302 e. The van der Waals surface area contributed by atoms with Gasteiger partial charge in [0.2, 0.25) is 0 Å². The minimum atomic E-state index is -0.274. The molecule has 3 nitrogen and oxygen atoms in total. The van der Waals surface area contributed by atoms with Crippen molar-refractivity contribution < 1.29 is 0 Å². The van der Waals surface area contributed by atoms with Gasteiger partial charge in [-0.15, -0.1) is 0 Å². The summed E-state index contributed by atoms with van der Waals surface area (Å²) in [7, 11) is 1.94. The van der Waals surface area contributed by atoms with Crippen LogP contribution in [0, 0.1) is 22.7 Å². The maximum absolute atomic E-state index is 9.48. The molecule has 20 heavy (non-hydrogen) atoms. The Morgan fingerprint density at radius 3 is 2.35 bits per heavy atom. The van der Waals surface area contributed by atoms with Crippen molar-refractivity contribution in [3.8, 4) is 6.07 Å². The van der Waals surface area contributed by atoms with Gasteiger partial charge < -0.3 is 10.2 Å². The van der Waals surface area contributed by atoms with Gasteiger partial charge in [0.1, 0.15) is 5.54 Å². The van der Waals surface area contributed by atoms with Crippen LogP contribution in [0.3, 0.4) is 0 Å². The zero-order valence-corrected chi connectivity index (χ0v) is 13.7. The quantitative estimate of drug-likeness (QED) is 0.842. The molecule has 0 aromatic heterocycles. The van der Waals surface area contributed by atoms with E-state index in [0.29, 0.717) is 11.5 Å². The molecule has 0 amide bonds. The van der Waals surface area contributed by atoms with E-state index in [1.165, 1.54) is 38.8 Å².